The number of aromatic amines is 1. The number of carbonyl (C=O) groups excluding carboxylic acids is 1. The molecule has 0 bridgehead atoms. The van der Waals surface area contributed by atoms with Crippen molar-refractivity contribution in [2.75, 3.05) is 0 Å². The Kier molecular flexibility index (Phi) is 4.29. The molecule has 3 N–H and O–H groups in total. The van der Waals surface area contributed by atoms with Gasteiger partial charge in [0.1, 0.15) is 0 Å². The Balaban J connectivity index is 1.44. The van der Waals surface area contributed by atoms with Crippen LogP contribution in [-0.4, -0.2) is 52.9 Å². The summed E-state index contributed by atoms with van der Waals surface area (Å²) in [6.45, 7) is 0.739. The van der Waals surface area contributed by atoms with Crippen molar-refractivity contribution in [2.24, 2.45) is 13.0 Å². The maximum absolute atomic E-state index is 12.7. The van der Waals surface area contributed by atoms with Crippen molar-refractivity contribution in [1.29, 1.82) is 0 Å². The summed E-state index contributed by atoms with van der Waals surface area (Å²) in [6.07, 6.45) is 7.61. The molecular weight excluding hydrogens is 334 g/mol. The van der Waals surface area contributed by atoms with Crippen molar-refractivity contribution in [3.05, 3.63) is 42.5 Å². The molecule has 0 radical (unpaired) electrons. The number of hydrogen-bond donors (Lipinski definition) is 3. The van der Waals surface area contributed by atoms with Gasteiger partial charge in [0, 0.05) is 32.2 Å². The number of nitrogens with zero attached hydrogens (tertiary/aromatic N) is 5. The standard InChI is InChI=1S/C17H21N7O2/c1-23-14(3-5-19-23)16-12(9-18-22-16)17(26)21-13-7-11(8-15(13)25)10-24-6-2-4-20-24/h2-6,9,11,13,15,25H,7-8,10H2,1H3,(H,18,22)(H,21,26)/t11?,13-,15-/m1/s1. The Morgan fingerprint density at radius 3 is 3.00 bits per heavy atom. The zero-order valence-corrected chi connectivity index (χ0v) is 14.4. The lowest BCUT2D eigenvalue weighted by Gasteiger charge is -2.16. The molecule has 0 spiro atoms. The van der Waals surface area contributed by atoms with Crippen molar-refractivity contribution in [2.45, 2.75) is 31.5 Å². The molecule has 3 aromatic rings. The van der Waals surface area contributed by atoms with Crippen LogP contribution in [0.2, 0.25) is 0 Å². The maximum Gasteiger partial charge on any atom is 0.255 e. The maximum atomic E-state index is 12.7. The number of H-pyrrole nitrogens is 1. The highest BCUT2D eigenvalue weighted by Crippen LogP contribution is 2.28. The minimum Gasteiger partial charge on any atom is -0.391 e. The van der Waals surface area contributed by atoms with Crippen LogP contribution in [0.15, 0.2) is 36.9 Å². The minimum atomic E-state index is -0.563. The van der Waals surface area contributed by atoms with E-state index in [9.17, 15) is 9.90 Å². The van der Waals surface area contributed by atoms with E-state index in [1.807, 2.05) is 23.0 Å². The largest absolute Gasteiger partial charge is 0.391 e. The predicted octanol–water partition coefficient (Wildman–Crippen LogP) is 0.576. The number of aryl methyl sites for hydroxylation is 1. The van der Waals surface area contributed by atoms with Gasteiger partial charge in [-0.3, -0.25) is 19.3 Å². The van der Waals surface area contributed by atoms with E-state index in [4.69, 9.17) is 0 Å². The van der Waals surface area contributed by atoms with Gasteiger partial charge in [0.2, 0.25) is 0 Å². The lowest BCUT2D eigenvalue weighted by Crippen LogP contribution is -2.40. The monoisotopic (exact) mass is 355 g/mol. The molecule has 1 unspecified atom stereocenters. The van der Waals surface area contributed by atoms with Gasteiger partial charge in [-0.2, -0.15) is 15.3 Å². The van der Waals surface area contributed by atoms with Gasteiger partial charge < -0.3 is 10.4 Å². The van der Waals surface area contributed by atoms with Crippen LogP contribution < -0.4 is 5.32 Å². The smallest absolute Gasteiger partial charge is 0.255 e. The topological polar surface area (TPSA) is 114 Å². The summed E-state index contributed by atoms with van der Waals surface area (Å²) >= 11 is 0. The fourth-order valence-electron chi connectivity index (χ4n) is 3.61. The van der Waals surface area contributed by atoms with Gasteiger partial charge in [-0.15, -0.1) is 0 Å². The third-order valence-corrected chi connectivity index (χ3v) is 4.91. The summed E-state index contributed by atoms with van der Waals surface area (Å²) in [6, 6.07) is 3.41. The Hall–Kier alpha value is -2.94. The molecule has 136 valence electrons. The normalized spacial score (nSPS) is 22.6. The van der Waals surface area contributed by atoms with Gasteiger partial charge in [0.15, 0.2) is 0 Å². The first kappa shape index (κ1) is 16.5. The molecule has 9 heteroatoms. The molecule has 1 fully saturated rings. The van der Waals surface area contributed by atoms with Gasteiger partial charge in [-0.25, -0.2) is 0 Å². The molecule has 1 aliphatic rings. The number of nitrogens with one attached hydrogen (secondary N) is 2. The van der Waals surface area contributed by atoms with E-state index >= 15 is 0 Å². The molecule has 0 aliphatic heterocycles. The van der Waals surface area contributed by atoms with Crippen molar-refractivity contribution in [3.63, 3.8) is 0 Å². The quantitative estimate of drug-likeness (QED) is 0.619. The Labute approximate surface area is 150 Å². The summed E-state index contributed by atoms with van der Waals surface area (Å²) in [4.78, 5) is 12.7. The summed E-state index contributed by atoms with van der Waals surface area (Å²) in [5.41, 5.74) is 1.83. The van der Waals surface area contributed by atoms with Crippen molar-refractivity contribution >= 4 is 5.91 Å². The van der Waals surface area contributed by atoms with Gasteiger partial charge in [0.25, 0.3) is 5.91 Å². The number of aliphatic hydroxyl groups excluding tert-OH is 1. The highest BCUT2D eigenvalue weighted by molar-refractivity contribution is 5.99. The van der Waals surface area contributed by atoms with Crippen LogP contribution >= 0.6 is 0 Å². The van der Waals surface area contributed by atoms with E-state index in [1.54, 1.807) is 24.1 Å². The first-order chi connectivity index (χ1) is 12.6. The molecule has 3 heterocycles. The van der Waals surface area contributed by atoms with E-state index in [1.165, 1.54) is 6.20 Å². The second kappa shape index (κ2) is 6.75. The van der Waals surface area contributed by atoms with Gasteiger partial charge >= 0.3 is 0 Å². The molecule has 0 aromatic carbocycles. The molecule has 3 atom stereocenters. The molecule has 0 saturated heterocycles. The average Bonchev–Trinajstić information content (AvgIpc) is 3.37. The van der Waals surface area contributed by atoms with E-state index in [0.29, 0.717) is 24.1 Å². The van der Waals surface area contributed by atoms with E-state index in [-0.39, 0.29) is 17.9 Å². The average molecular weight is 355 g/mol. The molecule has 1 saturated carbocycles. The number of rotatable bonds is 5. The van der Waals surface area contributed by atoms with E-state index < -0.39 is 6.10 Å². The molecular formula is C17H21N7O2. The van der Waals surface area contributed by atoms with Gasteiger partial charge in [-0.1, -0.05) is 0 Å². The van der Waals surface area contributed by atoms with Crippen LogP contribution in [0.1, 0.15) is 23.2 Å². The molecule has 1 amide bonds. The zero-order chi connectivity index (χ0) is 18.1. The van der Waals surface area contributed by atoms with E-state index in [2.05, 4.69) is 25.7 Å². The Morgan fingerprint density at radius 1 is 1.38 bits per heavy atom. The number of carbonyl (C=O) groups is 1. The highest BCUT2D eigenvalue weighted by Gasteiger charge is 2.35. The molecule has 4 rings (SSSR count). The molecule has 3 aromatic heterocycles. The number of hydrogen-bond acceptors (Lipinski definition) is 5. The summed E-state index contributed by atoms with van der Waals surface area (Å²) in [5.74, 6) is 0.0230. The zero-order valence-electron chi connectivity index (χ0n) is 14.4. The predicted molar refractivity (Wildman–Crippen MR) is 93.0 cm³/mol. The SMILES string of the molecule is Cn1nccc1-c1[nH]ncc1C(=O)N[C@@H]1CC(Cn2cccn2)C[C@H]1O. The number of amides is 1. The fourth-order valence-corrected chi connectivity index (χ4v) is 3.61. The van der Waals surface area contributed by atoms with E-state index in [0.717, 1.165) is 12.2 Å². The highest BCUT2D eigenvalue weighted by atomic mass is 16.3. The number of aliphatic hydroxyl groups is 1. The Morgan fingerprint density at radius 2 is 2.27 bits per heavy atom. The number of aromatic nitrogens is 6. The lowest BCUT2D eigenvalue weighted by atomic mass is 10.1. The molecule has 26 heavy (non-hydrogen) atoms. The van der Waals surface area contributed by atoms with Crippen LogP contribution in [0.4, 0.5) is 0 Å². The molecule has 1 aliphatic carbocycles. The molecule has 9 nitrogen and oxygen atoms in total. The summed E-state index contributed by atoms with van der Waals surface area (Å²) < 4.78 is 3.53. The lowest BCUT2D eigenvalue weighted by molar-refractivity contribution is 0.0873. The third-order valence-electron chi connectivity index (χ3n) is 4.91. The first-order valence-corrected chi connectivity index (χ1v) is 8.60. The van der Waals surface area contributed by atoms with Gasteiger partial charge in [0.05, 0.1) is 35.3 Å². The van der Waals surface area contributed by atoms with Gasteiger partial charge in [-0.05, 0) is 30.9 Å². The van der Waals surface area contributed by atoms with Crippen LogP contribution in [-0.2, 0) is 13.6 Å². The Bertz CT molecular complexity index is 883. The summed E-state index contributed by atoms with van der Waals surface area (Å²) in [7, 11) is 1.80. The van der Waals surface area contributed by atoms with Crippen LogP contribution in [0.3, 0.4) is 0 Å². The second-order valence-electron chi connectivity index (χ2n) is 6.71. The van der Waals surface area contributed by atoms with Crippen molar-refractivity contribution in [1.82, 2.24) is 35.1 Å². The second-order valence-corrected chi connectivity index (χ2v) is 6.71. The summed E-state index contributed by atoms with van der Waals surface area (Å²) in [5, 5.41) is 28.5. The minimum absolute atomic E-state index is 0.251. The van der Waals surface area contributed by atoms with Crippen molar-refractivity contribution < 1.29 is 9.90 Å². The fraction of sp³-hybridized carbons (Fsp3) is 0.412. The van der Waals surface area contributed by atoms with Crippen molar-refractivity contribution in [3.8, 4) is 11.4 Å². The third kappa shape index (κ3) is 3.13. The first-order valence-electron chi connectivity index (χ1n) is 8.60. The van der Waals surface area contributed by atoms with Crippen LogP contribution in [0.25, 0.3) is 11.4 Å². The van der Waals surface area contributed by atoms with Crippen LogP contribution in [0.5, 0.6) is 0 Å². The van der Waals surface area contributed by atoms with Crippen LogP contribution in [0, 0.1) is 5.92 Å².